The molecular formula is C9H19N3Si. The summed E-state index contributed by atoms with van der Waals surface area (Å²) < 4.78 is 0. The summed E-state index contributed by atoms with van der Waals surface area (Å²) in [5.41, 5.74) is 0. The third-order valence-corrected chi connectivity index (χ3v) is 3.33. The summed E-state index contributed by atoms with van der Waals surface area (Å²) >= 11 is 0. The van der Waals surface area contributed by atoms with E-state index in [-0.39, 0.29) is 0 Å². The predicted molar refractivity (Wildman–Crippen MR) is 61.7 cm³/mol. The highest BCUT2D eigenvalue weighted by Crippen LogP contribution is 1.69. The van der Waals surface area contributed by atoms with Crippen molar-refractivity contribution >= 4 is 9.28 Å². The molecule has 0 aromatic rings. The quantitative estimate of drug-likeness (QED) is 0.360. The highest BCUT2D eigenvalue weighted by atomic mass is 28.3. The molecule has 0 amide bonds. The molecule has 0 fully saturated rings. The summed E-state index contributed by atoms with van der Waals surface area (Å²) in [6, 6.07) is 0. The number of hydrogen-bond acceptors (Lipinski definition) is 3. The molecule has 0 saturated heterocycles. The van der Waals surface area contributed by atoms with Crippen molar-refractivity contribution in [2.75, 3.05) is 19.6 Å². The van der Waals surface area contributed by atoms with E-state index in [0.29, 0.717) is 0 Å². The SMILES string of the molecule is C=CCN[SiH](NCC=C)NCC=C. The summed E-state index contributed by atoms with van der Waals surface area (Å²) in [7, 11) is -1.25. The van der Waals surface area contributed by atoms with E-state index in [1.165, 1.54) is 0 Å². The first kappa shape index (κ1) is 12.3. The van der Waals surface area contributed by atoms with Crippen molar-refractivity contribution in [3.8, 4) is 0 Å². The Balaban J connectivity index is 3.64. The molecule has 0 heterocycles. The van der Waals surface area contributed by atoms with Gasteiger partial charge in [0.05, 0.1) is 0 Å². The summed E-state index contributed by atoms with van der Waals surface area (Å²) in [6.45, 7) is 13.4. The largest absolute Gasteiger partial charge is 0.312 e. The molecular weight excluding hydrogens is 178 g/mol. The summed E-state index contributed by atoms with van der Waals surface area (Å²) in [4.78, 5) is 10.0. The van der Waals surface area contributed by atoms with Gasteiger partial charge in [-0.15, -0.1) is 19.7 Å². The molecule has 0 rings (SSSR count). The van der Waals surface area contributed by atoms with Crippen LogP contribution in [0.25, 0.3) is 0 Å². The minimum absolute atomic E-state index is 0.825. The highest BCUT2D eigenvalue weighted by molar-refractivity contribution is 6.50. The van der Waals surface area contributed by atoms with E-state index in [2.05, 4.69) is 34.7 Å². The second-order valence-electron chi connectivity index (χ2n) is 2.52. The van der Waals surface area contributed by atoms with Crippen LogP contribution in [0.3, 0.4) is 0 Å². The minimum atomic E-state index is -1.25. The van der Waals surface area contributed by atoms with E-state index in [1.54, 1.807) is 0 Å². The second-order valence-corrected chi connectivity index (χ2v) is 4.61. The Bertz CT molecular complexity index is 130. The van der Waals surface area contributed by atoms with Gasteiger partial charge in [0, 0.05) is 19.6 Å². The molecule has 0 aliphatic heterocycles. The average Bonchev–Trinajstić information content (AvgIpc) is 2.17. The molecule has 0 bridgehead atoms. The van der Waals surface area contributed by atoms with Crippen LogP contribution >= 0.6 is 0 Å². The van der Waals surface area contributed by atoms with Gasteiger partial charge in [0.25, 0.3) is 9.28 Å². The van der Waals surface area contributed by atoms with E-state index in [1.807, 2.05) is 18.2 Å². The van der Waals surface area contributed by atoms with Crippen molar-refractivity contribution in [3.63, 3.8) is 0 Å². The first-order valence-corrected chi connectivity index (χ1v) is 6.11. The van der Waals surface area contributed by atoms with E-state index >= 15 is 0 Å². The van der Waals surface area contributed by atoms with Crippen molar-refractivity contribution in [3.05, 3.63) is 38.0 Å². The molecule has 0 aliphatic rings. The average molecular weight is 197 g/mol. The lowest BCUT2D eigenvalue weighted by Gasteiger charge is -2.16. The van der Waals surface area contributed by atoms with Crippen molar-refractivity contribution < 1.29 is 0 Å². The first-order valence-electron chi connectivity index (χ1n) is 4.38. The topological polar surface area (TPSA) is 36.1 Å². The Hall–Kier alpha value is -0.683. The molecule has 13 heavy (non-hydrogen) atoms. The monoisotopic (exact) mass is 197 g/mol. The van der Waals surface area contributed by atoms with Crippen LogP contribution in [0.5, 0.6) is 0 Å². The van der Waals surface area contributed by atoms with Gasteiger partial charge < -0.3 is 14.9 Å². The zero-order valence-corrected chi connectivity index (χ0v) is 9.21. The van der Waals surface area contributed by atoms with Crippen LogP contribution in [0.2, 0.25) is 0 Å². The van der Waals surface area contributed by atoms with Crippen LogP contribution in [0, 0.1) is 0 Å². The summed E-state index contributed by atoms with van der Waals surface area (Å²) in [6.07, 6.45) is 5.56. The predicted octanol–water partition coefficient (Wildman–Crippen LogP) is 0.0304. The standard InChI is InChI=1S/C9H19N3Si/c1-4-7-10-13(11-8-5-2)12-9-6-3/h4-6,10-13H,1-3,7-9H2. The summed E-state index contributed by atoms with van der Waals surface area (Å²) in [5.74, 6) is 0. The molecule has 0 unspecified atom stereocenters. The van der Waals surface area contributed by atoms with E-state index in [4.69, 9.17) is 0 Å². The Kier molecular flexibility index (Phi) is 8.91. The fourth-order valence-electron chi connectivity index (χ4n) is 0.820. The molecule has 0 atom stereocenters. The lowest BCUT2D eigenvalue weighted by molar-refractivity contribution is 0.878. The molecule has 0 aliphatic carbocycles. The maximum absolute atomic E-state index is 3.66. The van der Waals surface area contributed by atoms with Crippen LogP contribution in [-0.2, 0) is 0 Å². The Labute approximate surface area is 82.5 Å². The number of rotatable bonds is 9. The van der Waals surface area contributed by atoms with Gasteiger partial charge in [-0.3, -0.25) is 0 Å². The molecule has 3 N–H and O–H groups in total. The van der Waals surface area contributed by atoms with Gasteiger partial charge in [-0.25, -0.2) is 0 Å². The number of hydrogen-bond donors (Lipinski definition) is 3. The minimum Gasteiger partial charge on any atom is -0.312 e. The van der Waals surface area contributed by atoms with Gasteiger partial charge in [0.15, 0.2) is 0 Å². The Morgan fingerprint density at radius 2 is 1.08 bits per heavy atom. The van der Waals surface area contributed by atoms with Crippen molar-refractivity contribution in [2.24, 2.45) is 0 Å². The number of nitrogens with one attached hydrogen (secondary N) is 3. The molecule has 74 valence electrons. The first-order chi connectivity index (χ1) is 6.35. The van der Waals surface area contributed by atoms with Gasteiger partial charge in [-0.05, 0) is 0 Å². The lowest BCUT2D eigenvalue weighted by atomic mass is 10.7. The zero-order valence-electron chi connectivity index (χ0n) is 8.05. The molecule has 0 aromatic heterocycles. The van der Waals surface area contributed by atoms with Gasteiger partial charge in [0.1, 0.15) is 0 Å². The Morgan fingerprint density at radius 3 is 1.31 bits per heavy atom. The van der Waals surface area contributed by atoms with Crippen molar-refractivity contribution in [1.82, 2.24) is 14.9 Å². The van der Waals surface area contributed by atoms with Crippen LogP contribution in [0.1, 0.15) is 0 Å². The van der Waals surface area contributed by atoms with Crippen LogP contribution in [0.4, 0.5) is 0 Å². The lowest BCUT2D eigenvalue weighted by Crippen LogP contribution is -2.58. The third kappa shape index (κ3) is 7.67. The van der Waals surface area contributed by atoms with Gasteiger partial charge in [0.2, 0.25) is 0 Å². The van der Waals surface area contributed by atoms with Crippen molar-refractivity contribution in [1.29, 1.82) is 0 Å². The Morgan fingerprint density at radius 1 is 0.769 bits per heavy atom. The van der Waals surface area contributed by atoms with E-state index in [9.17, 15) is 0 Å². The van der Waals surface area contributed by atoms with Gasteiger partial charge in [-0.2, -0.15) is 0 Å². The molecule has 4 heteroatoms. The normalized spacial score (nSPS) is 9.92. The van der Waals surface area contributed by atoms with Crippen LogP contribution < -0.4 is 14.9 Å². The zero-order chi connectivity index (χ0) is 9.94. The fourth-order valence-corrected chi connectivity index (χ4v) is 2.46. The molecule has 0 saturated carbocycles. The molecule has 0 radical (unpaired) electrons. The smallest absolute Gasteiger partial charge is 0.265 e. The fraction of sp³-hybridized carbons (Fsp3) is 0.333. The maximum Gasteiger partial charge on any atom is 0.265 e. The third-order valence-electron chi connectivity index (χ3n) is 1.40. The van der Waals surface area contributed by atoms with E-state index in [0.717, 1.165) is 19.6 Å². The summed E-state index contributed by atoms with van der Waals surface area (Å²) in [5, 5.41) is 0. The maximum atomic E-state index is 3.66. The van der Waals surface area contributed by atoms with E-state index < -0.39 is 9.28 Å². The molecule has 0 spiro atoms. The molecule has 3 nitrogen and oxygen atoms in total. The molecule has 0 aromatic carbocycles. The van der Waals surface area contributed by atoms with Crippen LogP contribution in [-0.4, -0.2) is 28.9 Å². The van der Waals surface area contributed by atoms with Crippen LogP contribution in [0.15, 0.2) is 38.0 Å². The van der Waals surface area contributed by atoms with Crippen molar-refractivity contribution in [2.45, 2.75) is 0 Å². The second kappa shape index (κ2) is 9.41. The van der Waals surface area contributed by atoms with Gasteiger partial charge >= 0.3 is 0 Å². The van der Waals surface area contributed by atoms with Gasteiger partial charge in [-0.1, -0.05) is 18.2 Å². The highest BCUT2D eigenvalue weighted by Gasteiger charge is 2.05.